The Morgan fingerprint density at radius 3 is 2.55 bits per heavy atom. The average Bonchev–Trinajstić information content (AvgIpc) is 3.30. The maximum absolute atomic E-state index is 13.3. The van der Waals surface area contributed by atoms with Crippen molar-refractivity contribution >= 4 is 50.9 Å². The van der Waals surface area contributed by atoms with Crippen LogP contribution in [-0.2, 0) is 22.6 Å². The lowest BCUT2D eigenvalue weighted by Crippen LogP contribution is -2.50. The quantitative estimate of drug-likeness (QED) is 0.402. The lowest BCUT2D eigenvalue weighted by atomic mass is 10.1. The van der Waals surface area contributed by atoms with Gasteiger partial charge in [-0.2, -0.15) is 0 Å². The van der Waals surface area contributed by atoms with Crippen molar-refractivity contribution < 1.29 is 14.3 Å². The summed E-state index contributed by atoms with van der Waals surface area (Å²) in [4.78, 5) is 27.7. The Kier molecular flexibility index (Phi) is 9.47. The molecule has 178 valence electrons. The van der Waals surface area contributed by atoms with Gasteiger partial charge in [0.1, 0.15) is 11.8 Å². The van der Waals surface area contributed by atoms with Crippen LogP contribution in [0, 0.1) is 0 Å². The normalized spacial score (nSPS) is 14.7. The average molecular weight is 556 g/mol. The molecular weight excluding hydrogens is 527 g/mol. The van der Waals surface area contributed by atoms with Gasteiger partial charge in [-0.05, 0) is 77.5 Å². The van der Waals surface area contributed by atoms with Crippen molar-refractivity contribution in [1.29, 1.82) is 0 Å². The van der Waals surface area contributed by atoms with E-state index in [2.05, 4.69) is 28.2 Å². The molecule has 1 aliphatic rings. The smallest absolute Gasteiger partial charge is 0.261 e. The Balaban J connectivity index is 1.75. The summed E-state index contributed by atoms with van der Waals surface area (Å²) in [7, 11) is 0. The van der Waals surface area contributed by atoms with Gasteiger partial charge in [-0.15, -0.1) is 0 Å². The van der Waals surface area contributed by atoms with E-state index < -0.39 is 6.04 Å². The van der Waals surface area contributed by atoms with Crippen LogP contribution in [0.25, 0.3) is 0 Å². The molecule has 2 aromatic rings. The molecule has 1 N–H and O–H groups in total. The number of hydrogen-bond acceptors (Lipinski definition) is 3. The molecule has 0 radical (unpaired) electrons. The summed E-state index contributed by atoms with van der Waals surface area (Å²) in [6, 6.07) is 10.4. The summed E-state index contributed by atoms with van der Waals surface area (Å²) in [5, 5.41) is 4.04. The maximum Gasteiger partial charge on any atom is 0.261 e. The number of hydrogen-bond donors (Lipinski definition) is 1. The van der Waals surface area contributed by atoms with Crippen LogP contribution in [0.3, 0.4) is 0 Å². The second-order valence-electron chi connectivity index (χ2n) is 8.33. The number of amides is 2. The number of nitrogens with one attached hydrogen (secondary N) is 1. The molecule has 0 heterocycles. The molecule has 2 aromatic carbocycles. The van der Waals surface area contributed by atoms with Gasteiger partial charge in [-0.25, -0.2) is 0 Å². The van der Waals surface area contributed by atoms with E-state index in [0.717, 1.165) is 42.1 Å². The highest BCUT2D eigenvalue weighted by Crippen LogP contribution is 2.27. The second kappa shape index (κ2) is 12.1. The van der Waals surface area contributed by atoms with E-state index in [0.29, 0.717) is 21.4 Å². The van der Waals surface area contributed by atoms with Gasteiger partial charge in [0.25, 0.3) is 5.91 Å². The largest absolute Gasteiger partial charge is 0.483 e. The fraction of sp³-hybridized carbons (Fsp3) is 0.440. The van der Waals surface area contributed by atoms with Crippen LogP contribution in [0.15, 0.2) is 40.9 Å². The molecule has 3 rings (SSSR count). The first kappa shape index (κ1) is 25.9. The van der Waals surface area contributed by atoms with Crippen LogP contribution in [0.4, 0.5) is 0 Å². The molecule has 1 atom stereocenters. The molecule has 1 fully saturated rings. The summed E-state index contributed by atoms with van der Waals surface area (Å²) in [6.45, 7) is 3.78. The molecule has 0 bridgehead atoms. The van der Waals surface area contributed by atoms with E-state index in [-0.39, 0.29) is 31.0 Å². The number of benzene rings is 2. The van der Waals surface area contributed by atoms with Gasteiger partial charge in [0.2, 0.25) is 5.91 Å². The van der Waals surface area contributed by atoms with E-state index in [4.69, 9.17) is 27.9 Å². The van der Waals surface area contributed by atoms with E-state index in [9.17, 15) is 9.59 Å². The summed E-state index contributed by atoms with van der Waals surface area (Å²) in [6.07, 6.45) is 5.07. The van der Waals surface area contributed by atoms with E-state index in [1.54, 1.807) is 25.1 Å². The van der Waals surface area contributed by atoms with Crippen LogP contribution >= 0.6 is 39.1 Å². The van der Waals surface area contributed by atoms with Crippen molar-refractivity contribution in [2.45, 2.75) is 64.6 Å². The fourth-order valence-electron chi connectivity index (χ4n) is 3.91. The zero-order chi connectivity index (χ0) is 24.0. The van der Waals surface area contributed by atoms with Crippen LogP contribution in [-0.4, -0.2) is 35.4 Å². The van der Waals surface area contributed by atoms with Crippen molar-refractivity contribution in [2.75, 3.05) is 6.61 Å². The molecule has 8 heteroatoms. The molecule has 1 aliphatic carbocycles. The molecule has 0 aliphatic heterocycles. The van der Waals surface area contributed by atoms with Crippen molar-refractivity contribution in [3.8, 4) is 5.75 Å². The van der Waals surface area contributed by atoms with Gasteiger partial charge >= 0.3 is 0 Å². The maximum atomic E-state index is 13.3. The van der Waals surface area contributed by atoms with Gasteiger partial charge < -0.3 is 15.0 Å². The van der Waals surface area contributed by atoms with Crippen molar-refractivity contribution in [3.63, 3.8) is 0 Å². The first-order valence-corrected chi connectivity index (χ1v) is 12.8. The van der Waals surface area contributed by atoms with Gasteiger partial charge in [-0.3, -0.25) is 9.59 Å². The number of halogens is 3. The van der Waals surface area contributed by atoms with Crippen molar-refractivity contribution in [1.82, 2.24) is 10.2 Å². The summed E-state index contributed by atoms with van der Waals surface area (Å²) in [5.41, 5.74) is 1.88. The topological polar surface area (TPSA) is 58.6 Å². The lowest BCUT2D eigenvalue weighted by molar-refractivity contribution is -0.142. The van der Waals surface area contributed by atoms with Gasteiger partial charge in [-0.1, -0.05) is 55.1 Å². The zero-order valence-corrected chi connectivity index (χ0v) is 22.0. The number of aryl methyl sites for hydroxylation is 1. The zero-order valence-electron chi connectivity index (χ0n) is 18.9. The number of carbonyl (C=O) groups is 2. The van der Waals surface area contributed by atoms with E-state index in [1.807, 2.05) is 18.2 Å². The third-order valence-electron chi connectivity index (χ3n) is 5.98. The minimum Gasteiger partial charge on any atom is -0.483 e. The van der Waals surface area contributed by atoms with Crippen molar-refractivity contribution in [3.05, 3.63) is 62.0 Å². The molecule has 1 saturated carbocycles. The number of ether oxygens (including phenoxy) is 1. The van der Waals surface area contributed by atoms with E-state index in [1.165, 1.54) is 4.90 Å². The molecule has 0 saturated heterocycles. The van der Waals surface area contributed by atoms with Crippen LogP contribution in [0.2, 0.25) is 10.0 Å². The predicted molar refractivity (Wildman–Crippen MR) is 136 cm³/mol. The first-order valence-electron chi connectivity index (χ1n) is 11.2. The summed E-state index contributed by atoms with van der Waals surface area (Å²) >= 11 is 15.9. The molecule has 5 nitrogen and oxygen atoms in total. The summed E-state index contributed by atoms with van der Waals surface area (Å²) in [5.74, 6) is 0.100. The molecule has 0 unspecified atom stereocenters. The van der Waals surface area contributed by atoms with E-state index >= 15 is 0 Å². The number of nitrogens with zero attached hydrogens (tertiary/aromatic N) is 1. The Bertz CT molecular complexity index is 996. The minimum absolute atomic E-state index is 0.167. The van der Waals surface area contributed by atoms with Gasteiger partial charge in [0.05, 0.1) is 4.47 Å². The van der Waals surface area contributed by atoms with Crippen molar-refractivity contribution in [2.24, 2.45) is 0 Å². The van der Waals surface area contributed by atoms with Crippen LogP contribution in [0.5, 0.6) is 5.75 Å². The number of carbonyl (C=O) groups excluding carboxylic acids is 2. The van der Waals surface area contributed by atoms with Crippen LogP contribution in [0.1, 0.15) is 50.7 Å². The Labute approximate surface area is 213 Å². The first-order chi connectivity index (χ1) is 15.8. The highest BCUT2D eigenvalue weighted by atomic mass is 79.9. The van der Waals surface area contributed by atoms with Crippen LogP contribution < -0.4 is 10.1 Å². The summed E-state index contributed by atoms with van der Waals surface area (Å²) < 4.78 is 6.59. The Morgan fingerprint density at radius 1 is 1.18 bits per heavy atom. The lowest BCUT2D eigenvalue weighted by Gasteiger charge is -2.30. The SMILES string of the molecule is CCc1ccc(OCC(=O)N(Cc2ccc(Cl)cc2Cl)[C@@H](C)C(=O)NC2CCCC2)c(Br)c1. The van der Waals surface area contributed by atoms with Gasteiger partial charge in [0, 0.05) is 22.6 Å². The predicted octanol–water partition coefficient (Wildman–Crippen LogP) is 6.17. The highest BCUT2D eigenvalue weighted by Gasteiger charge is 2.29. The Hall–Kier alpha value is -1.76. The fourth-order valence-corrected chi connectivity index (χ4v) is 4.92. The molecule has 0 spiro atoms. The molecule has 33 heavy (non-hydrogen) atoms. The standard InChI is InChI=1S/C25H29BrCl2N2O3/c1-3-17-8-11-23(21(26)12-17)33-15-24(31)30(14-18-9-10-19(27)13-22(18)28)16(2)25(32)29-20-6-4-5-7-20/h8-13,16,20H,3-7,14-15H2,1-2H3,(H,29,32)/t16-/m0/s1. The molecule has 0 aromatic heterocycles. The van der Waals surface area contributed by atoms with Gasteiger partial charge in [0.15, 0.2) is 6.61 Å². The molecular formula is C25H29BrCl2N2O3. The number of rotatable bonds is 9. The molecule has 2 amide bonds. The monoisotopic (exact) mass is 554 g/mol. The minimum atomic E-state index is -0.681. The third-order valence-corrected chi connectivity index (χ3v) is 7.19. The second-order valence-corrected chi connectivity index (χ2v) is 10.0. The highest BCUT2D eigenvalue weighted by molar-refractivity contribution is 9.10. The Morgan fingerprint density at radius 2 is 1.91 bits per heavy atom. The third kappa shape index (κ3) is 7.11.